The zero-order chi connectivity index (χ0) is 12.0. The van der Waals surface area contributed by atoms with Gasteiger partial charge in [0.05, 0.1) is 13.2 Å². The van der Waals surface area contributed by atoms with Gasteiger partial charge in [0.1, 0.15) is 0 Å². The van der Waals surface area contributed by atoms with Gasteiger partial charge in [0.15, 0.2) is 11.5 Å². The van der Waals surface area contributed by atoms with Gasteiger partial charge >= 0.3 is 0 Å². The summed E-state index contributed by atoms with van der Waals surface area (Å²) in [5.41, 5.74) is 1.19. The standard InChI is InChI=1S/C13H19BrO2/c1-4-15-13-7-11(8-14)5-6-12(13)16-9-10(2)3/h5-7,10H,4,8-9H2,1-3H3. The molecule has 0 aliphatic rings. The molecule has 0 amide bonds. The lowest BCUT2D eigenvalue weighted by atomic mass is 10.2. The number of ether oxygens (including phenoxy) is 2. The van der Waals surface area contributed by atoms with E-state index in [0.717, 1.165) is 16.8 Å². The van der Waals surface area contributed by atoms with Crippen LogP contribution < -0.4 is 9.47 Å². The second kappa shape index (κ2) is 6.79. The zero-order valence-electron chi connectivity index (χ0n) is 10.1. The molecule has 1 aromatic carbocycles. The fraction of sp³-hybridized carbons (Fsp3) is 0.538. The van der Waals surface area contributed by atoms with Gasteiger partial charge in [-0.25, -0.2) is 0 Å². The minimum Gasteiger partial charge on any atom is -0.490 e. The molecule has 16 heavy (non-hydrogen) atoms. The highest BCUT2D eigenvalue weighted by Crippen LogP contribution is 2.29. The predicted octanol–water partition coefficient (Wildman–Crippen LogP) is 4.02. The van der Waals surface area contributed by atoms with Crippen molar-refractivity contribution in [3.63, 3.8) is 0 Å². The molecule has 0 saturated carbocycles. The summed E-state index contributed by atoms with van der Waals surface area (Å²) in [5.74, 6) is 2.19. The quantitative estimate of drug-likeness (QED) is 0.736. The first-order valence-electron chi connectivity index (χ1n) is 5.61. The number of hydrogen-bond donors (Lipinski definition) is 0. The Bertz CT molecular complexity index is 324. The predicted molar refractivity (Wildman–Crippen MR) is 70.6 cm³/mol. The topological polar surface area (TPSA) is 18.5 Å². The van der Waals surface area contributed by atoms with Crippen LogP contribution in [0.1, 0.15) is 26.3 Å². The van der Waals surface area contributed by atoms with E-state index < -0.39 is 0 Å². The Kier molecular flexibility index (Phi) is 5.67. The molecule has 3 heteroatoms. The molecule has 0 fully saturated rings. The van der Waals surface area contributed by atoms with Crippen LogP contribution in [0.15, 0.2) is 18.2 Å². The summed E-state index contributed by atoms with van der Waals surface area (Å²) in [7, 11) is 0. The van der Waals surface area contributed by atoms with Crippen LogP contribution in [0.5, 0.6) is 11.5 Å². The first-order chi connectivity index (χ1) is 7.67. The van der Waals surface area contributed by atoms with Gasteiger partial charge in [-0.1, -0.05) is 35.8 Å². The van der Waals surface area contributed by atoms with Crippen molar-refractivity contribution in [2.24, 2.45) is 5.92 Å². The molecule has 0 bridgehead atoms. The van der Waals surface area contributed by atoms with Crippen molar-refractivity contribution < 1.29 is 9.47 Å². The van der Waals surface area contributed by atoms with Gasteiger partial charge in [-0.05, 0) is 30.5 Å². The SMILES string of the molecule is CCOc1cc(CBr)ccc1OCC(C)C. The molecule has 0 aromatic heterocycles. The van der Waals surface area contributed by atoms with Crippen LogP contribution in [0.3, 0.4) is 0 Å². The Balaban J connectivity index is 2.80. The highest BCUT2D eigenvalue weighted by atomic mass is 79.9. The van der Waals surface area contributed by atoms with Gasteiger partial charge in [-0.3, -0.25) is 0 Å². The Morgan fingerprint density at radius 1 is 1.19 bits per heavy atom. The fourth-order valence-corrected chi connectivity index (χ4v) is 1.63. The molecule has 1 rings (SSSR count). The summed E-state index contributed by atoms with van der Waals surface area (Å²) in [5, 5.41) is 0.831. The Morgan fingerprint density at radius 2 is 1.94 bits per heavy atom. The van der Waals surface area contributed by atoms with Gasteiger partial charge in [0.25, 0.3) is 0 Å². The monoisotopic (exact) mass is 286 g/mol. The van der Waals surface area contributed by atoms with Crippen LogP contribution in [0.25, 0.3) is 0 Å². The average molecular weight is 287 g/mol. The van der Waals surface area contributed by atoms with E-state index in [1.165, 1.54) is 5.56 Å². The Morgan fingerprint density at radius 3 is 2.50 bits per heavy atom. The maximum Gasteiger partial charge on any atom is 0.161 e. The molecule has 0 saturated heterocycles. The third kappa shape index (κ3) is 4.05. The summed E-state index contributed by atoms with van der Waals surface area (Å²) < 4.78 is 11.3. The molecule has 0 N–H and O–H groups in total. The molecular formula is C13H19BrO2. The highest BCUT2D eigenvalue weighted by molar-refractivity contribution is 9.08. The maximum absolute atomic E-state index is 5.71. The van der Waals surface area contributed by atoms with Crippen molar-refractivity contribution in [3.8, 4) is 11.5 Å². The van der Waals surface area contributed by atoms with E-state index in [9.17, 15) is 0 Å². The maximum atomic E-state index is 5.71. The van der Waals surface area contributed by atoms with Crippen LogP contribution in [0.2, 0.25) is 0 Å². The summed E-state index contributed by atoms with van der Waals surface area (Å²) in [6.45, 7) is 7.62. The lowest BCUT2D eigenvalue weighted by Crippen LogP contribution is -2.06. The van der Waals surface area contributed by atoms with Crippen LogP contribution in [0, 0.1) is 5.92 Å². The summed E-state index contributed by atoms with van der Waals surface area (Å²) in [6.07, 6.45) is 0. The smallest absolute Gasteiger partial charge is 0.161 e. The fourth-order valence-electron chi connectivity index (χ4n) is 1.28. The van der Waals surface area contributed by atoms with E-state index in [-0.39, 0.29) is 0 Å². The first-order valence-corrected chi connectivity index (χ1v) is 6.74. The van der Waals surface area contributed by atoms with Crippen molar-refractivity contribution >= 4 is 15.9 Å². The molecule has 0 radical (unpaired) electrons. The average Bonchev–Trinajstić information content (AvgIpc) is 2.27. The first kappa shape index (κ1) is 13.4. The Labute approximate surface area is 106 Å². The van der Waals surface area contributed by atoms with Gasteiger partial charge < -0.3 is 9.47 Å². The molecule has 0 unspecified atom stereocenters. The molecule has 0 spiro atoms. The van der Waals surface area contributed by atoms with Gasteiger partial charge in [-0.2, -0.15) is 0 Å². The third-order valence-corrected chi connectivity index (χ3v) is 2.68. The number of rotatable bonds is 6. The van der Waals surface area contributed by atoms with Gasteiger partial charge in [0, 0.05) is 5.33 Å². The van der Waals surface area contributed by atoms with Crippen molar-refractivity contribution in [3.05, 3.63) is 23.8 Å². The van der Waals surface area contributed by atoms with E-state index in [0.29, 0.717) is 19.1 Å². The summed E-state index contributed by atoms with van der Waals surface area (Å²) in [6, 6.07) is 6.05. The van der Waals surface area contributed by atoms with Crippen LogP contribution >= 0.6 is 15.9 Å². The summed E-state index contributed by atoms with van der Waals surface area (Å²) in [4.78, 5) is 0. The molecule has 0 aliphatic carbocycles. The normalized spacial score (nSPS) is 10.6. The molecule has 0 heterocycles. The molecule has 90 valence electrons. The lowest BCUT2D eigenvalue weighted by molar-refractivity contribution is 0.248. The van der Waals surface area contributed by atoms with Crippen LogP contribution in [-0.2, 0) is 5.33 Å². The summed E-state index contributed by atoms with van der Waals surface area (Å²) >= 11 is 3.43. The second-order valence-electron chi connectivity index (χ2n) is 4.05. The van der Waals surface area contributed by atoms with Gasteiger partial charge in [-0.15, -0.1) is 0 Å². The number of hydrogen-bond acceptors (Lipinski definition) is 2. The Hall–Kier alpha value is -0.700. The third-order valence-electron chi connectivity index (χ3n) is 2.03. The molecule has 0 atom stereocenters. The number of halogens is 1. The number of alkyl halides is 1. The molecule has 1 aromatic rings. The van der Waals surface area contributed by atoms with Gasteiger partial charge in [0.2, 0.25) is 0 Å². The second-order valence-corrected chi connectivity index (χ2v) is 4.61. The molecular weight excluding hydrogens is 268 g/mol. The highest BCUT2D eigenvalue weighted by Gasteiger charge is 2.06. The van der Waals surface area contributed by atoms with E-state index in [4.69, 9.17) is 9.47 Å². The zero-order valence-corrected chi connectivity index (χ0v) is 11.7. The minimum atomic E-state index is 0.519. The van der Waals surface area contributed by atoms with Crippen molar-refractivity contribution in [1.82, 2.24) is 0 Å². The van der Waals surface area contributed by atoms with Crippen LogP contribution in [-0.4, -0.2) is 13.2 Å². The largest absolute Gasteiger partial charge is 0.490 e. The van der Waals surface area contributed by atoms with E-state index >= 15 is 0 Å². The molecule has 2 nitrogen and oxygen atoms in total. The van der Waals surface area contributed by atoms with E-state index in [1.807, 2.05) is 25.1 Å². The van der Waals surface area contributed by atoms with E-state index in [1.54, 1.807) is 0 Å². The lowest BCUT2D eigenvalue weighted by Gasteiger charge is -2.14. The number of benzene rings is 1. The van der Waals surface area contributed by atoms with E-state index in [2.05, 4.69) is 29.8 Å². The van der Waals surface area contributed by atoms with Crippen molar-refractivity contribution in [2.45, 2.75) is 26.1 Å². The molecule has 0 aliphatic heterocycles. The van der Waals surface area contributed by atoms with Crippen molar-refractivity contribution in [2.75, 3.05) is 13.2 Å². The minimum absolute atomic E-state index is 0.519. The van der Waals surface area contributed by atoms with Crippen LogP contribution in [0.4, 0.5) is 0 Å². The van der Waals surface area contributed by atoms with Crippen molar-refractivity contribution in [1.29, 1.82) is 0 Å².